The quantitative estimate of drug-likeness (QED) is 0.482. The fourth-order valence-electron chi connectivity index (χ4n) is 2.79. The van der Waals surface area contributed by atoms with Crippen LogP contribution in [0.25, 0.3) is 0 Å². The van der Waals surface area contributed by atoms with Crippen molar-refractivity contribution >= 4 is 33.3 Å². The van der Waals surface area contributed by atoms with Crippen molar-refractivity contribution in [2.24, 2.45) is 0 Å². The van der Waals surface area contributed by atoms with E-state index < -0.39 is 10.1 Å². The smallest absolute Gasteiger partial charge is 0.339 e. The maximum atomic E-state index is 13.0. The molecule has 31 heavy (non-hydrogen) atoms. The van der Waals surface area contributed by atoms with Gasteiger partial charge in [-0.2, -0.15) is 8.42 Å². The Hall–Kier alpha value is -2.94. The molecule has 0 spiro atoms. The highest BCUT2D eigenvalue weighted by atomic mass is 35.5. The zero-order chi connectivity index (χ0) is 22.4. The lowest BCUT2D eigenvalue weighted by Crippen LogP contribution is -2.16. The van der Waals surface area contributed by atoms with Gasteiger partial charge >= 0.3 is 10.1 Å². The van der Waals surface area contributed by atoms with Crippen molar-refractivity contribution in [3.8, 4) is 5.75 Å². The predicted octanol–water partition coefficient (Wildman–Crippen LogP) is 4.50. The molecule has 9 heteroatoms. The highest BCUT2D eigenvalue weighted by Crippen LogP contribution is 2.27. The molecule has 0 fully saturated rings. The van der Waals surface area contributed by atoms with Crippen LogP contribution in [0.1, 0.15) is 18.1 Å². The maximum absolute atomic E-state index is 13.0. The molecule has 6 nitrogen and oxygen atoms in total. The SMILES string of the molecule is CC(=O)Nc1ccc(S(=O)(=O)Oc2ccc(Cl)cc2CNCc2ccc(F)cc2)cc1. The van der Waals surface area contributed by atoms with Crippen LogP contribution in [0.15, 0.2) is 71.6 Å². The summed E-state index contributed by atoms with van der Waals surface area (Å²) >= 11 is 6.07. The number of rotatable bonds is 8. The van der Waals surface area contributed by atoms with Crippen molar-refractivity contribution in [3.63, 3.8) is 0 Å². The fourth-order valence-corrected chi connectivity index (χ4v) is 3.95. The fraction of sp³-hybridized carbons (Fsp3) is 0.136. The van der Waals surface area contributed by atoms with E-state index in [4.69, 9.17) is 15.8 Å². The van der Waals surface area contributed by atoms with Gasteiger partial charge in [0, 0.05) is 36.3 Å². The van der Waals surface area contributed by atoms with Crippen molar-refractivity contribution in [2.45, 2.75) is 24.9 Å². The predicted molar refractivity (Wildman–Crippen MR) is 117 cm³/mol. The molecule has 0 unspecified atom stereocenters. The van der Waals surface area contributed by atoms with Crippen molar-refractivity contribution in [1.82, 2.24) is 5.32 Å². The molecule has 3 rings (SSSR count). The van der Waals surface area contributed by atoms with Gasteiger partial charge in [-0.05, 0) is 60.2 Å². The van der Waals surface area contributed by atoms with E-state index in [-0.39, 0.29) is 28.9 Å². The summed E-state index contributed by atoms with van der Waals surface area (Å²) in [5.41, 5.74) is 1.90. The minimum absolute atomic E-state index is 0.0539. The molecule has 2 N–H and O–H groups in total. The molecule has 162 valence electrons. The van der Waals surface area contributed by atoms with Gasteiger partial charge < -0.3 is 14.8 Å². The molecular weight excluding hydrogens is 443 g/mol. The first-order valence-electron chi connectivity index (χ1n) is 9.29. The van der Waals surface area contributed by atoms with E-state index in [0.29, 0.717) is 22.8 Å². The van der Waals surface area contributed by atoms with E-state index in [9.17, 15) is 17.6 Å². The average molecular weight is 463 g/mol. The Bertz CT molecular complexity index is 1170. The van der Waals surface area contributed by atoms with Crippen LogP contribution in [-0.4, -0.2) is 14.3 Å². The third-order valence-corrected chi connectivity index (χ3v) is 5.73. The van der Waals surface area contributed by atoms with E-state index >= 15 is 0 Å². The zero-order valence-corrected chi connectivity index (χ0v) is 18.1. The van der Waals surface area contributed by atoms with E-state index in [1.807, 2.05) is 0 Å². The molecule has 0 radical (unpaired) electrons. The Balaban J connectivity index is 1.73. The summed E-state index contributed by atoms with van der Waals surface area (Å²) in [6, 6.07) is 16.4. The number of hydrogen-bond donors (Lipinski definition) is 2. The van der Waals surface area contributed by atoms with Crippen LogP contribution in [0.5, 0.6) is 5.75 Å². The summed E-state index contributed by atoms with van der Waals surface area (Å²) in [7, 11) is -4.10. The lowest BCUT2D eigenvalue weighted by molar-refractivity contribution is -0.114. The van der Waals surface area contributed by atoms with Gasteiger partial charge in [-0.15, -0.1) is 0 Å². The van der Waals surface area contributed by atoms with Crippen molar-refractivity contribution in [2.75, 3.05) is 5.32 Å². The number of halogens is 2. The normalized spacial score (nSPS) is 11.2. The van der Waals surface area contributed by atoms with Crippen LogP contribution in [0.4, 0.5) is 10.1 Å². The second-order valence-corrected chi connectivity index (χ2v) is 8.71. The Morgan fingerprint density at radius 2 is 1.68 bits per heavy atom. The second kappa shape index (κ2) is 9.91. The third-order valence-electron chi connectivity index (χ3n) is 4.24. The van der Waals surface area contributed by atoms with Crippen LogP contribution in [0.3, 0.4) is 0 Å². The topological polar surface area (TPSA) is 84.5 Å². The van der Waals surface area contributed by atoms with Gasteiger partial charge in [0.1, 0.15) is 16.5 Å². The van der Waals surface area contributed by atoms with E-state index in [2.05, 4.69) is 10.6 Å². The van der Waals surface area contributed by atoms with E-state index in [1.165, 1.54) is 55.5 Å². The molecule has 0 aliphatic rings. The number of carbonyl (C=O) groups is 1. The lowest BCUT2D eigenvalue weighted by Gasteiger charge is -2.13. The first-order chi connectivity index (χ1) is 14.7. The number of anilines is 1. The molecule has 3 aromatic rings. The largest absolute Gasteiger partial charge is 0.379 e. The Morgan fingerprint density at radius 3 is 2.32 bits per heavy atom. The van der Waals surface area contributed by atoms with E-state index in [1.54, 1.807) is 18.2 Å². The van der Waals surface area contributed by atoms with Crippen molar-refractivity contribution in [3.05, 3.63) is 88.7 Å². The highest BCUT2D eigenvalue weighted by Gasteiger charge is 2.19. The van der Waals surface area contributed by atoms with Crippen molar-refractivity contribution < 1.29 is 21.8 Å². The minimum Gasteiger partial charge on any atom is -0.379 e. The van der Waals surface area contributed by atoms with Gasteiger partial charge in [0.05, 0.1) is 0 Å². The second-order valence-electron chi connectivity index (χ2n) is 6.73. The van der Waals surface area contributed by atoms with Gasteiger partial charge in [0.25, 0.3) is 0 Å². The van der Waals surface area contributed by atoms with Gasteiger partial charge in [-0.3, -0.25) is 4.79 Å². The first-order valence-corrected chi connectivity index (χ1v) is 11.1. The molecule has 0 aliphatic carbocycles. The molecule has 0 aromatic heterocycles. The Labute approximate surface area is 185 Å². The number of hydrogen-bond acceptors (Lipinski definition) is 5. The Kier molecular flexibility index (Phi) is 7.27. The number of carbonyl (C=O) groups excluding carboxylic acids is 1. The molecule has 0 saturated carbocycles. The third kappa shape index (κ3) is 6.52. The summed E-state index contributed by atoms with van der Waals surface area (Å²) in [5.74, 6) is -0.433. The van der Waals surface area contributed by atoms with Crippen LogP contribution < -0.4 is 14.8 Å². The molecule has 0 heterocycles. The lowest BCUT2D eigenvalue weighted by atomic mass is 10.2. The summed E-state index contributed by atoms with van der Waals surface area (Å²) in [4.78, 5) is 11.1. The summed E-state index contributed by atoms with van der Waals surface area (Å²) in [6.07, 6.45) is 0. The molecule has 0 saturated heterocycles. The average Bonchev–Trinajstić information content (AvgIpc) is 2.71. The molecule has 1 amide bonds. The number of amides is 1. The summed E-state index contributed by atoms with van der Waals surface area (Å²) in [5, 5.41) is 6.16. The summed E-state index contributed by atoms with van der Waals surface area (Å²) in [6.45, 7) is 2.09. The molecule has 0 aliphatic heterocycles. The maximum Gasteiger partial charge on any atom is 0.339 e. The van der Waals surface area contributed by atoms with Gasteiger partial charge in [0.2, 0.25) is 5.91 Å². The number of nitrogens with one attached hydrogen (secondary N) is 2. The van der Waals surface area contributed by atoms with Crippen LogP contribution in [-0.2, 0) is 28.0 Å². The van der Waals surface area contributed by atoms with Gasteiger partial charge in [-0.25, -0.2) is 4.39 Å². The standard InChI is InChI=1S/C22H20ClFN2O4S/c1-15(27)26-20-7-9-21(10-8-20)31(28,29)30-22-11-4-18(23)12-17(22)14-25-13-16-2-5-19(24)6-3-16/h2-12,25H,13-14H2,1H3,(H,26,27). The molecular formula is C22H20ClFN2O4S. The zero-order valence-electron chi connectivity index (χ0n) is 16.6. The Morgan fingerprint density at radius 1 is 1.00 bits per heavy atom. The number of benzene rings is 3. The molecule has 0 atom stereocenters. The monoisotopic (exact) mass is 462 g/mol. The van der Waals surface area contributed by atoms with Crippen LogP contribution >= 0.6 is 11.6 Å². The van der Waals surface area contributed by atoms with Crippen molar-refractivity contribution in [1.29, 1.82) is 0 Å². The van der Waals surface area contributed by atoms with Gasteiger partial charge in [0.15, 0.2) is 0 Å². The van der Waals surface area contributed by atoms with Crippen LogP contribution in [0, 0.1) is 5.82 Å². The highest BCUT2D eigenvalue weighted by molar-refractivity contribution is 7.87. The minimum atomic E-state index is -4.10. The van der Waals surface area contributed by atoms with Gasteiger partial charge in [-0.1, -0.05) is 23.7 Å². The molecule has 0 bridgehead atoms. The van der Waals surface area contributed by atoms with E-state index in [0.717, 1.165) is 5.56 Å². The first kappa shape index (κ1) is 22.7. The summed E-state index contributed by atoms with van der Waals surface area (Å²) < 4.78 is 43.8. The van der Waals surface area contributed by atoms with Crippen LogP contribution in [0.2, 0.25) is 5.02 Å². The molecule has 3 aromatic carbocycles.